The van der Waals surface area contributed by atoms with Crippen LogP contribution in [0.4, 0.5) is 0 Å². The van der Waals surface area contributed by atoms with Gasteiger partial charge in [-0.15, -0.1) is 0 Å². The third kappa shape index (κ3) is 5.60. The van der Waals surface area contributed by atoms with E-state index in [1.807, 2.05) is 20.8 Å². The summed E-state index contributed by atoms with van der Waals surface area (Å²) in [5.41, 5.74) is -0.331. The van der Waals surface area contributed by atoms with Gasteiger partial charge in [-0.2, -0.15) is 0 Å². The van der Waals surface area contributed by atoms with Crippen LogP contribution >= 0.6 is 0 Å². The molecule has 0 rings (SSSR count). The first-order chi connectivity index (χ1) is 3.98. The predicted molar refractivity (Wildman–Crippen MR) is 30.4 cm³/mol. The number of hydrogen-bond donors (Lipinski definition) is 0. The van der Waals surface area contributed by atoms with Crippen LogP contribution in [-0.4, -0.2) is 11.2 Å². The summed E-state index contributed by atoms with van der Waals surface area (Å²) in [5, 5.41) is 0.593. The minimum atomic E-state index is -0.331. The summed E-state index contributed by atoms with van der Waals surface area (Å²) in [6, 6.07) is 0. The molecule has 2 nitrogen and oxygen atoms in total. The van der Waals surface area contributed by atoms with E-state index >= 15 is 0 Å². The summed E-state index contributed by atoms with van der Waals surface area (Å²) in [6.07, 6.45) is 0. The molecule has 0 aliphatic rings. The van der Waals surface area contributed by atoms with E-state index < -0.39 is 0 Å². The van der Waals surface area contributed by atoms with Crippen molar-refractivity contribution in [3.63, 3.8) is 0 Å². The largest absolute Gasteiger partial charge is 1.00 e. The maximum absolute atomic E-state index is 10.9. The van der Waals surface area contributed by atoms with Crippen molar-refractivity contribution in [1.29, 1.82) is 0 Å². The van der Waals surface area contributed by atoms with Gasteiger partial charge in [0.05, 0.1) is 0 Å². The van der Waals surface area contributed by atoms with Gasteiger partial charge in [-0.1, -0.05) is 0 Å². The molecule has 0 fully saturated rings. The van der Waals surface area contributed by atoms with Gasteiger partial charge in [0, 0.05) is 0 Å². The monoisotopic (exact) mass is 306 g/mol. The van der Waals surface area contributed by atoms with Gasteiger partial charge in [-0.3, -0.25) is 0 Å². The van der Waals surface area contributed by atoms with E-state index in [4.69, 9.17) is 4.74 Å². The van der Waals surface area contributed by atoms with Crippen LogP contribution in [0, 0.1) is 5.41 Å². The predicted octanol–water partition coefficient (Wildman–Crippen LogP) is -1.92. The standard InChI is InChI=1S/C6H11O2.HI.Zn/c1-6(2,3)5(7)8-4;;/h4H2,1-3H3;1H;/q;;+1/p-1. The Morgan fingerprint density at radius 2 is 1.90 bits per heavy atom. The Balaban J connectivity index is 0. The van der Waals surface area contributed by atoms with Gasteiger partial charge in [0.1, 0.15) is 0 Å². The third-order valence-corrected chi connectivity index (χ3v) is 1.27. The molecule has 0 spiro atoms. The van der Waals surface area contributed by atoms with Crippen LogP contribution in [0.15, 0.2) is 0 Å². The number of hydrogen-bond acceptors (Lipinski definition) is 2. The van der Waals surface area contributed by atoms with E-state index in [9.17, 15) is 4.79 Å². The smallest absolute Gasteiger partial charge is 1.00 e. The number of rotatable bonds is 1. The zero-order valence-corrected chi connectivity index (χ0v) is 11.7. The first-order valence-electron chi connectivity index (χ1n) is 2.95. The average Bonchev–Trinajstić information content (AvgIpc) is 1.64. The molecule has 0 saturated carbocycles. The minimum Gasteiger partial charge on any atom is -1.00 e. The molecule has 4 heteroatoms. The van der Waals surface area contributed by atoms with E-state index in [0.717, 1.165) is 18.3 Å². The van der Waals surface area contributed by atoms with Crippen molar-refractivity contribution >= 4 is 5.97 Å². The molecule has 0 saturated heterocycles. The van der Waals surface area contributed by atoms with Crippen LogP contribution in [0.2, 0.25) is 0 Å². The fourth-order valence-corrected chi connectivity index (χ4v) is 0.698. The molecular formula is C6H11IO2Zn. The van der Waals surface area contributed by atoms with E-state index in [0.29, 0.717) is 5.20 Å². The molecule has 0 heterocycles. The molecular weight excluding hydrogens is 296 g/mol. The second kappa shape index (κ2) is 5.47. The molecule has 0 radical (unpaired) electrons. The van der Waals surface area contributed by atoms with Crippen molar-refractivity contribution in [2.24, 2.45) is 5.41 Å². The summed E-state index contributed by atoms with van der Waals surface area (Å²) in [4.78, 5) is 10.9. The fraction of sp³-hybridized carbons (Fsp3) is 0.833. The zero-order chi connectivity index (χ0) is 7.49. The summed E-state index contributed by atoms with van der Waals surface area (Å²) in [6.45, 7) is 5.56. The summed E-state index contributed by atoms with van der Waals surface area (Å²) in [7, 11) is 0. The molecule has 0 aliphatic carbocycles. The van der Waals surface area contributed by atoms with Gasteiger partial charge in [-0.25, -0.2) is 0 Å². The zero-order valence-electron chi connectivity index (χ0n) is 6.61. The number of ether oxygens (including phenoxy) is 1. The van der Waals surface area contributed by atoms with Crippen LogP contribution in [0.5, 0.6) is 0 Å². The summed E-state index contributed by atoms with van der Waals surface area (Å²) < 4.78 is 4.82. The van der Waals surface area contributed by atoms with Gasteiger partial charge in [0.15, 0.2) is 0 Å². The van der Waals surface area contributed by atoms with Gasteiger partial charge < -0.3 is 24.0 Å². The van der Waals surface area contributed by atoms with Gasteiger partial charge in [0.25, 0.3) is 0 Å². The molecule has 0 unspecified atom stereocenters. The number of carbonyl (C=O) groups excluding carboxylic acids is 1. The number of carbonyl (C=O) groups is 1. The average molecular weight is 307 g/mol. The SMILES string of the molecule is CC(C)(C)C(=O)O[CH2][Zn+].[I-]. The van der Waals surface area contributed by atoms with E-state index in [1.165, 1.54) is 0 Å². The Bertz CT molecular complexity index is 109. The van der Waals surface area contributed by atoms with Crippen LogP contribution in [0.3, 0.4) is 0 Å². The maximum Gasteiger partial charge on any atom is -1.00 e. The second-order valence-electron chi connectivity index (χ2n) is 2.89. The Labute approximate surface area is 88.8 Å². The molecule has 56 valence electrons. The molecule has 0 amide bonds. The molecule has 0 atom stereocenters. The van der Waals surface area contributed by atoms with Gasteiger partial charge in [-0.05, 0) is 0 Å². The Hall–Kier alpha value is 0.823. The minimum absolute atomic E-state index is 0. The van der Waals surface area contributed by atoms with Crippen LogP contribution < -0.4 is 24.0 Å². The van der Waals surface area contributed by atoms with E-state index in [2.05, 4.69) is 0 Å². The fourth-order valence-electron chi connectivity index (χ4n) is 0.309. The first-order valence-corrected chi connectivity index (χ1v) is 5.04. The molecule has 0 aromatic rings. The number of halogens is 1. The van der Waals surface area contributed by atoms with E-state index in [-0.39, 0.29) is 35.4 Å². The first kappa shape index (κ1) is 13.4. The maximum atomic E-state index is 10.9. The van der Waals surface area contributed by atoms with Crippen molar-refractivity contribution in [1.82, 2.24) is 0 Å². The van der Waals surface area contributed by atoms with E-state index in [1.54, 1.807) is 0 Å². The molecule has 0 aromatic heterocycles. The Morgan fingerprint density at radius 3 is 2.00 bits per heavy atom. The van der Waals surface area contributed by atoms with Crippen molar-refractivity contribution in [2.75, 3.05) is 5.20 Å². The third-order valence-electron chi connectivity index (χ3n) is 0.846. The molecule has 10 heavy (non-hydrogen) atoms. The van der Waals surface area contributed by atoms with Gasteiger partial charge in [0.2, 0.25) is 0 Å². The summed E-state index contributed by atoms with van der Waals surface area (Å²) >= 11 is 1.02. The van der Waals surface area contributed by atoms with Crippen LogP contribution in [0.1, 0.15) is 20.8 Å². The topological polar surface area (TPSA) is 26.3 Å². The van der Waals surface area contributed by atoms with Crippen molar-refractivity contribution < 1.29 is 51.8 Å². The Morgan fingerprint density at radius 1 is 1.50 bits per heavy atom. The van der Waals surface area contributed by atoms with Crippen molar-refractivity contribution in [3.05, 3.63) is 0 Å². The second-order valence-corrected chi connectivity index (χ2v) is 3.74. The molecule has 0 aliphatic heterocycles. The van der Waals surface area contributed by atoms with Crippen LogP contribution in [-0.2, 0) is 27.8 Å². The van der Waals surface area contributed by atoms with Crippen molar-refractivity contribution in [3.8, 4) is 0 Å². The molecule has 0 aromatic carbocycles. The summed E-state index contributed by atoms with van der Waals surface area (Å²) in [5.74, 6) is -0.103. The molecule has 0 N–H and O–H groups in total. The van der Waals surface area contributed by atoms with Crippen LogP contribution in [0.25, 0.3) is 0 Å². The number of esters is 1. The normalized spacial score (nSPS) is 10.1. The Kier molecular flexibility index (Phi) is 7.34. The van der Waals surface area contributed by atoms with Crippen molar-refractivity contribution in [2.45, 2.75) is 20.8 Å². The van der Waals surface area contributed by atoms with Gasteiger partial charge >= 0.3 is 65.2 Å². The quantitative estimate of drug-likeness (QED) is 0.321. The molecule has 0 bridgehead atoms.